The summed E-state index contributed by atoms with van der Waals surface area (Å²) in [6.07, 6.45) is 1.12. The average molecular weight is 648 g/mol. The SMILES string of the molecule is COc1cc2c(c(OC)c1OC)-c1ccc(N[C@H](C(=O)NCc3nc(-c4cccs4)no3)C(C)C)c(=O)cc1[C@@H](NC(C)=O)CC2. The zero-order valence-corrected chi connectivity index (χ0v) is 27.4. The van der Waals surface area contributed by atoms with Crippen molar-refractivity contribution in [2.24, 2.45) is 5.92 Å². The fraction of sp³-hybridized carbons (Fsp3) is 0.364. The van der Waals surface area contributed by atoms with Gasteiger partial charge in [0.2, 0.25) is 34.7 Å². The standard InChI is InChI=1S/C33H37N5O7S/c1-17(2)29(33(41)34-16-27-37-32(38-45-27)26-8-7-13-46-26)36-23-12-10-20-21(15-24(23)40)22(35-18(3)39)11-9-19-14-25(42-4)30(43-5)31(44-6)28(19)20/h7-8,10,12-15,17,22,29H,9,11,16H2,1-6H3,(H,34,41)(H,35,39)(H,36,40)/t22-,29-/m0/s1. The molecule has 12 nitrogen and oxygen atoms in total. The van der Waals surface area contributed by atoms with Crippen molar-refractivity contribution in [3.8, 4) is 39.1 Å². The number of benzene rings is 1. The van der Waals surface area contributed by atoms with Crippen molar-refractivity contribution in [1.29, 1.82) is 0 Å². The van der Waals surface area contributed by atoms with Crippen LogP contribution in [0.15, 0.2) is 51.1 Å². The summed E-state index contributed by atoms with van der Waals surface area (Å²) >= 11 is 1.49. The highest BCUT2D eigenvalue weighted by Gasteiger charge is 2.30. The number of ether oxygens (including phenoxy) is 3. The van der Waals surface area contributed by atoms with Crippen LogP contribution in [0.5, 0.6) is 17.2 Å². The van der Waals surface area contributed by atoms with E-state index in [0.717, 1.165) is 16.0 Å². The molecule has 0 aliphatic heterocycles. The monoisotopic (exact) mass is 647 g/mol. The fourth-order valence-corrected chi connectivity index (χ4v) is 6.28. The molecule has 0 spiro atoms. The number of fused-ring (bicyclic) bond motifs is 3. The molecule has 4 aromatic rings. The topological polar surface area (TPSA) is 154 Å². The Kier molecular flexibility index (Phi) is 9.90. The number of rotatable bonds is 11. The Morgan fingerprint density at radius 1 is 1.09 bits per heavy atom. The Hall–Kier alpha value is -4.91. The van der Waals surface area contributed by atoms with Crippen molar-refractivity contribution >= 4 is 28.8 Å². The molecule has 1 aliphatic rings. The molecule has 46 heavy (non-hydrogen) atoms. The van der Waals surface area contributed by atoms with Crippen molar-refractivity contribution < 1.29 is 28.3 Å². The molecule has 2 heterocycles. The van der Waals surface area contributed by atoms with E-state index in [-0.39, 0.29) is 41.3 Å². The molecule has 13 heteroatoms. The van der Waals surface area contributed by atoms with Crippen molar-refractivity contribution in [1.82, 2.24) is 20.8 Å². The highest BCUT2D eigenvalue weighted by Crippen LogP contribution is 2.50. The minimum atomic E-state index is -0.757. The molecule has 0 fully saturated rings. The summed E-state index contributed by atoms with van der Waals surface area (Å²) < 4.78 is 22.4. The highest BCUT2D eigenvalue weighted by molar-refractivity contribution is 7.13. The molecule has 2 aromatic carbocycles. The van der Waals surface area contributed by atoms with E-state index in [1.807, 2.05) is 43.5 Å². The third-order valence-corrected chi connectivity index (χ3v) is 8.67. The number of hydrogen-bond acceptors (Lipinski definition) is 11. The number of thiophene rings is 1. The van der Waals surface area contributed by atoms with Crippen LogP contribution in [0.25, 0.3) is 21.8 Å². The second kappa shape index (κ2) is 14.0. The molecule has 0 saturated carbocycles. The zero-order chi connectivity index (χ0) is 33.0. The molecule has 3 N–H and O–H groups in total. The van der Waals surface area contributed by atoms with E-state index in [2.05, 4.69) is 26.1 Å². The normalized spacial score (nSPS) is 14.4. The summed E-state index contributed by atoms with van der Waals surface area (Å²) in [6.45, 7) is 5.25. The van der Waals surface area contributed by atoms with Crippen LogP contribution < -0.4 is 35.6 Å². The summed E-state index contributed by atoms with van der Waals surface area (Å²) in [5, 5.41) is 14.9. The third kappa shape index (κ3) is 6.69. The summed E-state index contributed by atoms with van der Waals surface area (Å²) in [4.78, 5) is 44.7. The molecule has 2 aromatic heterocycles. The van der Waals surface area contributed by atoms with Crippen LogP contribution in [0.4, 0.5) is 5.69 Å². The Bertz CT molecular complexity index is 1790. The van der Waals surface area contributed by atoms with Gasteiger partial charge in [0.05, 0.1) is 44.5 Å². The predicted octanol–water partition coefficient (Wildman–Crippen LogP) is 4.73. The van der Waals surface area contributed by atoms with Gasteiger partial charge >= 0.3 is 0 Å². The fourth-order valence-electron chi connectivity index (χ4n) is 5.63. The van der Waals surface area contributed by atoms with E-state index in [9.17, 15) is 14.4 Å². The molecule has 2 atom stereocenters. The minimum Gasteiger partial charge on any atom is -0.493 e. The second-order valence-electron chi connectivity index (χ2n) is 11.2. The van der Waals surface area contributed by atoms with Gasteiger partial charge in [-0.2, -0.15) is 4.98 Å². The first-order chi connectivity index (χ1) is 22.1. The second-order valence-corrected chi connectivity index (χ2v) is 12.1. The summed E-state index contributed by atoms with van der Waals surface area (Å²) in [5.41, 5.74) is 2.86. The van der Waals surface area contributed by atoms with Crippen LogP contribution in [0, 0.1) is 5.92 Å². The maximum Gasteiger partial charge on any atom is 0.246 e. The van der Waals surface area contributed by atoms with Crippen LogP contribution in [-0.4, -0.2) is 49.3 Å². The van der Waals surface area contributed by atoms with Crippen LogP contribution in [0.3, 0.4) is 0 Å². The summed E-state index contributed by atoms with van der Waals surface area (Å²) in [5.74, 6) is 1.37. The van der Waals surface area contributed by atoms with Gasteiger partial charge in [-0.05, 0) is 65.1 Å². The number of carbonyl (C=O) groups is 2. The first kappa shape index (κ1) is 32.5. The van der Waals surface area contributed by atoms with E-state index in [1.54, 1.807) is 20.3 Å². The van der Waals surface area contributed by atoms with Crippen molar-refractivity contribution in [2.45, 2.75) is 52.2 Å². The highest BCUT2D eigenvalue weighted by atomic mass is 32.1. The largest absolute Gasteiger partial charge is 0.493 e. The quantitative estimate of drug-likeness (QED) is 0.208. The van der Waals surface area contributed by atoms with Gasteiger partial charge in [-0.3, -0.25) is 14.4 Å². The zero-order valence-electron chi connectivity index (χ0n) is 26.6. The number of aromatic nitrogens is 2. The lowest BCUT2D eigenvalue weighted by atomic mass is 9.95. The maximum atomic E-state index is 13.8. The molecule has 5 rings (SSSR count). The lowest BCUT2D eigenvalue weighted by Crippen LogP contribution is -2.43. The smallest absolute Gasteiger partial charge is 0.246 e. The Labute approximate surface area is 270 Å². The molecule has 0 unspecified atom stereocenters. The van der Waals surface area contributed by atoms with E-state index in [4.69, 9.17) is 18.7 Å². The van der Waals surface area contributed by atoms with E-state index < -0.39 is 12.1 Å². The number of nitrogens with one attached hydrogen (secondary N) is 3. The van der Waals surface area contributed by atoms with Gasteiger partial charge in [0.25, 0.3) is 0 Å². The third-order valence-electron chi connectivity index (χ3n) is 7.80. The minimum absolute atomic E-state index is 0.0312. The molecular formula is C33H37N5O7S. The lowest BCUT2D eigenvalue weighted by molar-refractivity contribution is -0.123. The van der Waals surface area contributed by atoms with Gasteiger partial charge in [0, 0.05) is 12.5 Å². The van der Waals surface area contributed by atoms with Crippen molar-refractivity contribution in [3.05, 3.63) is 69.0 Å². The molecule has 0 saturated heterocycles. The van der Waals surface area contributed by atoms with Crippen LogP contribution in [-0.2, 0) is 22.6 Å². The Morgan fingerprint density at radius 3 is 2.52 bits per heavy atom. The first-order valence-corrected chi connectivity index (χ1v) is 15.7. The summed E-state index contributed by atoms with van der Waals surface area (Å²) in [6, 6.07) is 9.45. The Morgan fingerprint density at radius 2 is 1.87 bits per heavy atom. The molecule has 0 bridgehead atoms. The number of amides is 2. The van der Waals surface area contributed by atoms with E-state index in [1.165, 1.54) is 31.4 Å². The number of anilines is 1. The maximum absolute atomic E-state index is 13.8. The summed E-state index contributed by atoms with van der Waals surface area (Å²) in [7, 11) is 4.64. The Balaban J connectivity index is 1.50. The predicted molar refractivity (Wildman–Crippen MR) is 174 cm³/mol. The average Bonchev–Trinajstić information content (AvgIpc) is 3.69. The lowest BCUT2D eigenvalue weighted by Gasteiger charge is -2.21. The number of hydrogen-bond donors (Lipinski definition) is 3. The first-order valence-electron chi connectivity index (χ1n) is 14.8. The molecule has 242 valence electrons. The van der Waals surface area contributed by atoms with Crippen molar-refractivity contribution in [2.75, 3.05) is 26.6 Å². The molecule has 1 aliphatic carbocycles. The number of nitrogens with zero attached hydrogens (tertiary/aromatic N) is 2. The number of carbonyl (C=O) groups excluding carboxylic acids is 2. The molecular weight excluding hydrogens is 610 g/mol. The van der Waals surface area contributed by atoms with Gasteiger partial charge in [-0.15, -0.1) is 11.3 Å². The van der Waals surface area contributed by atoms with Crippen LogP contribution in [0.2, 0.25) is 0 Å². The number of aryl methyl sites for hydroxylation is 1. The van der Waals surface area contributed by atoms with E-state index >= 15 is 0 Å². The van der Waals surface area contributed by atoms with Gasteiger partial charge in [0.15, 0.2) is 11.5 Å². The van der Waals surface area contributed by atoms with Crippen LogP contribution in [0.1, 0.15) is 50.3 Å². The molecule has 2 amide bonds. The van der Waals surface area contributed by atoms with Gasteiger partial charge < -0.3 is 34.7 Å². The van der Waals surface area contributed by atoms with Gasteiger partial charge in [-0.25, -0.2) is 0 Å². The van der Waals surface area contributed by atoms with Gasteiger partial charge in [0.1, 0.15) is 6.04 Å². The van der Waals surface area contributed by atoms with Gasteiger partial charge in [-0.1, -0.05) is 31.1 Å². The number of methoxy groups -OCH3 is 3. The molecule has 0 radical (unpaired) electrons. The van der Waals surface area contributed by atoms with E-state index in [0.29, 0.717) is 47.0 Å². The van der Waals surface area contributed by atoms with Crippen molar-refractivity contribution in [3.63, 3.8) is 0 Å². The van der Waals surface area contributed by atoms with Crippen LogP contribution >= 0.6 is 11.3 Å².